The fourth-order valence-electron chi connectivity index (χ4n) is 2.21. The molecule has 3 rings (SSSR count). The van der Waals surface area contributed by atoms with Crippen molar-refractivity contribution in [1.29, 1.82) is 0 Å². The van der Waals surface area contributed by atoms with E-state index in [1.807, 2.05) is 6.07 Å². The molecule has 2 aliphatic rings. The van der Waals surface area contributed by atoms with Crippen molar-refractivity contribution >= 4 is 5.69 Å². The van der Waals surface area contributed by atoms with E-state index in [0.29, 0.717) is 6.73 Å². The van der Waals surface area contributed by atoms with Crippen molar-refractivity contribution in [2.24, 2.45) is 0 Å². The minimum absolute atomic E-state index is 0.677. The van der Waals surface area contributed by atoms with E-state index in [0.717, 1.165) is 19.4 Å². The largest absolute Gasteiger partial charge is 0.477 e. The lowest BCUT2D eigenvalue weighted by Gasteiger charge is -2.32. The van der Waals surface area contributed by atoms with Gasteiger partial charge in [-0.25, -0.2) is 0 Å². The first-order chi connectivity index (χ1) is 7.93. The number of anilines is 1. The molecule has 1 aromatic carbocycles. The van der Waals surface area contributed by atoms with Crippen LogP contribution in [0.2, 0.25) is 0 Å². The van der Waals surface area contributed by atoms with Crippen LogP contribution < -0.4 is 4.90 Å². The Hall–Kier alpha value is -1.70. The number of benzene rings is 1. The van der Waals surface area contributed by atoms with Crippen molar-refractivity contribution in [3.8, 4) is 0 Å². The van der Waals surface area contributed by atoms with Crippen LogP contribution in [0.15, 0.2) is 53.8 Å². The summed E-state index contributed by atoms with van der Waals surface area (Å²) in [5.74, 6) is 1.19. The maximum atomic E-state index is 5.80. The second kappa shape index (κ2) is 4.05. The Morgan fingerprint density at radius 3 is 2.88 bits per heavy atom. The molecule has 1 aliphatic heterocycles. The van der Waals surface area contributed by atoms with Gasteiger partial charge in [-0.3, -0.25) is 0 Å². The number of allylic oxidation sites excluding steroid dienone is 2. The van der Waals surface area contributed by atoms with Gasteiger partial charge in [0.2, 0.25) is 0 Å². The standard InChI is InChI=1S/C14H15NO/c1-2-7-13(8-3-1)15-10-12-6-4-5-9-14(12)16-11-15/h1-4,6-8H,5,9-11H2. The van der Waals surface area contributed by atoms with Gasteiger partial charge in [-0.15, -0.1) is 0 Å². The van der Waals surface area contributed by atoms with Crippen LogP contribution in [0, 0.1) is 0 Å². The van der Waals surface area contributed by atoms with Gasteiger partial charge in [0.1, 0.15) is 5.76 Å². The molecule has 0 saturated heterocycles. The van der Waals surface area contributed by atoms with E-state index in [1.54, 1.807) is 0 Å². The SMILES string of the molecule is C1=CC2=C(CC1)OCN(c1ccccc1)C2. The highest BCUT2D eigenvalue weighted by atomic mass is 16.5. The third kappa shape index (κ3) is 1.71. The molecule has 0 amide bonds. The number of hydrogen-bond acceptors (Lipinski definition) is 2. The van der Waals surface area contributed by atoms with Gasteiger partial charge in [0.15, 0.2) is 6.73 Å². The van der Waals surface area contributed by atoms with Crippen LogP contribution in [0.4, 0.5) is 5.69 Å². The van der Waals surface area contributed by atoms with Crippen molar-refractivity contribution in [3.05, 3.63) is 53.8 Å². The minimum Gasteiger partial charge on any atom is -0.477 e. The third-order valence-corrected chi connectivity index (χ3v) is 3.09. The van der Waals surface area contributed by atoms with Gasteiger partial charge in [0.05, 0.1) is 0 Å². The molecule has 0 radical (unpaired) electrons. The summed E-state index contributed by atoms with van der Waals surface area (Å²) in [7, 11) is 0. The van der Waals surface area contributed by atoms with E-state index in [2.05, 4.69) is 41.3 Å². The van der Waals surface area contributed by atoms with E-state index in [4.69, 9.17) is 4.74 Å². The second-order valence-corrected chi connectivity index (χ2v) is 4.20. The highest BCUT2D eigenvalue weighted by Crippen LogP contribution is 2.27. The lowest BCUT2D eigenvalue weighted by molar-refractivity contribution is 0.185. The Kier molecular flexibility index (Phi) is 2.41. The van der Waals surface area contributed by atoms with Gasteiger partial charge in [-0.05, 0) is 18.6 Å². The van der Waals surface area contributed by atoms with Crippen molar-refractivity contribution in [1.82, 2.24) is 0 Å². The van der Waals surface area contributed by atoms with Crippen LogP contribution in [-0.4, -0.2) is 13.3 Å². The summed E-state index contributed by atoms with van der Waals surface area (Å²) in [6.45, 7) is 1.65. The fourth-order valence-corrected chi connectivity index (χ4v) is 2.21. The Labute approximate surface area is 95.8 Å². The summed E-state index contributed by atoms with van der Waals surface area (Å²) in [5, 5.41) is 0. The summed E-state index contributed by atoms with van der Waals surface area (Å²) in [5.41, 5.74) is 2.56. The van der Waals surface area contributed by atoms with Gasteiger partial charge in [0.25, 0.3) is 0 Å². The number of nitrogens with zero attached hydrogens (tertiary/aromatic N) is 1. The molecule has 1 heterocycles. The number of para-hydroxylation sites is 1. The zero-order valence-electron chi connectivity index (χ0n) is 9.23. The molecule has 2 nitrogen and oxygen atoms in total. The predicted molar refractivity (Wildman–Crippen MR) is 65.1 cm³/mol. The second-order valence-electron chi connectivity index (χ2n) is 4.20. The summed E-state index contributed by atoms with van der Waals surface area (Å²) in [6, 6.07) is 10.4. The first kappa shape index (κ1) is 9.52. The highest BCUT2D eigenvalue weighted by molar-refractivity contribution is 5.49. The average molecular weight is 213 g/mol. The van der Waals surface area contributed by atoms with Gasteiger partial charge >= 0.3 is 0 Å². The van der Waals surface area contributed by atoms with Gasteiger partial charge < -0.3 is 9.64 Å². The molecule has 16 heavy (non-hydrogen) atoms. The molecule has 0 aromatic heterocycles. The maximum absolute atomic E-state index is 5.80. The predicted octanol–water partition coefficient (Wildman–Crippen LogP) is 3.08. The van der Waals surface area contributed by atoms with E-state index < -0.39 is 0 Å². The summed E-state index contributed by atoms with van der Waals surface area (Å²) in [4.78, 5) is 2.26. The van der Waals surface area contributed by atoms with Crippen LogP contribution in [-0.2, 0) is 4.74 Å². The monoisotopic (exact) mass is 213 g/mol. The molecular weight excluding hydrogens is 198 g/mol. The number of hydrogen-bond donors (Lipinski definition) is 0. The number of rotatable bonds is 1. The Morgan fingerprint density at radius 2 is 2.00 bits per heavy atom. The normalized spacial score (nSPS) is 19.4. The summed E-state index contributed by atoms with van der Waals surface area (Å²) < 4.78 is 5.80. The first-order valence-corrected chi connectivity index (χ1v) is 5.75. The lowest BCUT2D eigenvalue weighted by atomic mass is 10.0. The molecule has 0 atom stereocenters. The summed E-state index contributed by atoms with van der Waals surface area (Å²) >= 11 is 0. The van der Waals surface area contributed by atoms with E-state index in [9.17, 15) is 0 Å². The van der Waals surface area contributed by atoms with Crippen LogP contribution in [0.1, 0.15) is 12.8 Å². The maximum Gasteiger partial charge on any atom is 0.161 e. The molecule has 0 fully saturated rings. The van der Waals surface area contributed by atoms with Crippen LogP contribution in [0.25, 0.3) is 0 Å². The van der Waals surface area contributed by atoms with Gasteiger partial charge in [-0.1, -0.05) is 30.4 Å². The zero-order valence-corrected chi connectivity index (χ0v) is 9.23. The zero-order chi connectivity index (χ0) is 10.8. The summed E-state index contributed by atoms with van der Waals surface area (Å²) in [6.07, 6.45) is 6.61. The lowest BCUT2D eigenvalue weighted by Crippen LogP contribution is -2.33. The topological polar surface area (TPSA) is 12.5 Å². The quantitative estimate of drug-likeness (QED) is 0.710. The molecule has 1 aromatic rings. The van der Waals surface area contributed by atoms with Crippen molar-refractivity contribution in [2.45, 2.75) is 12.8 Å². The molecule has 82 valence electrons. The average Bonchev–Trinajstić information content (AvgIpc) is 2.39. The van der Waals surface area contributed by atoms with Crippen LogP contribution >= 0.6 is 0 Å². The van der Waals surface area contributed by atoms with Gasteiger partial charge in [-0.2, -0.15) is 0 Å². The van der Waals surface area contributed by atoms with Crippen LogP contribution in [0.5, 0.6) is 0 Å². The Morgan fingerprint density at radius 1 is 1.12 bits per heavy atom. The minimum atomic E-state index is 0.677. The van der Waals surface area contributed by atoms with E-state index in [-0.39, 0.29) is 0 Å². The van der Waals surface area contributed by atoms with Crippen LogP contribution in [0.3, 0.4) is 0 Å². The molecule has 1 aliphatic carbocycles. The van der Waals surface area contributed by atoms with Gasteiger partial charge in [0, 0.05) is 24.2 Å². The molecule has 0 unspecified atom stereocenters. The molecule has 0 N–H and O–H groups in total. The Bertz CT molecular complexity index is 433. The highest BCUT2D eigenvalue weighted by Gasteiger charge is 2.19. The third-order valence-electron chi connectivity index (χ3n) is 3.09. The number of ether oxygens (including phenoxy) is 1. The van der Waals surface area contributed by atoms with Crippen molar-refractivity contribution in [3.63, 3.8) is 0 Å². The Balaban J connectivity index is 1.83. The fraction of sp³-hybridized carbons (Fsp3) is 0.286. The van der Waals surface area contributed by atoms with E-state index >= 15 is 0 Å². The first-order valence-electron chi connectivity index (χ1n) is 5.75. The van der Waals surface area contributed by atoms with E-state index in [1.165, 1.54) is 17.0 Å². The smallest absolute Gasteiger partial charge is 0.161 e. The molecule has 0 saturated carbocycles. The molecular formula is C14H15NO. The molecule has 0 spiro atoms. The van der Waals surface area contributed by atoms with Crippen molar-refractivity contribution < 1.29 is 4.74 Å². The molecule has 2 heteroatoms. The van der Waals surface area contributed by atoms with Crippen molar-refractivity contribution in [2.75, 3.05) is 18.2 Å². The molecule has 0 bridgehead atoms.